The topological polar surface area (TPSA) is 40.5 Å². The highest BCUT2D eigenvalue weighted by molar-refractivity contribution is 7.98. The lowest BCUT2D eigenvalue weighted by atomic mass is 10.1. The van der Waals surface area contributed by atoms with Crippen molar-refractivity contribution in [1.29, 1.82) is 0 Å². The summed E-state index contributed by atoms with van der Waals surface area (Å²) in [6.45, 7) is 0.664. The van der Waals surface area contributed by atoms with Gasteiger partial charge in [0.15, 0.2) is 0 Å². The molecule has 1 aliphatic rings. The molecular formula is C16H14FNO2S. The van der Waals surface area contributed by atoms with Crippen LogP contribution in [0.15, 0.2) is 41.3 Å². The Labute approximate surface area is 126 Å². The number of carbonyl (C=O) groups is 1. The van der Waals surface area contributed by atoms with Crippen molar-refractivity contribution in [3.8, 4) is 0 Å². The molecule has 0 bridgehead atoms. The zero-order chi connectivity index (χ0) is 15.0. The van der Waals surface area contributed by atoms with Crippen LogP contribution in [0.4, 0.5) is 15.8 Å². The maximum absolute atomic E-state index is 13.5. The lowest BCUT2D eigenvalue weighted by molar-refractivity contribution is 0.0694. The van der Waals surface area contributed by atoms with Gasteiger partial charge in [0.1, 0.15) is 5.82 Å². The zero-order valence-electron chi connectivity index (χ0n) is 11.5. The molecule has 0 amide bonds. The molecule has 0 aromatic heterocycles. The molecule has 108 valence electrons. The van der Waals surface area contributed by atoms with Crippen molar-refractivity contribution in [2.24, 2.45) is 0 Å². The number of hydrogen-bond donors (Lipinski definition) is 1. The minimum absolute atomic E-state index is 0.280. The van der Waals surface area contributed by atoms with Gasteiger partial charge in [0.2, 0.25) is 0 Å². The van der Waals surface area contributed by atoms with E-state index in [1.165, 1.54) is 23.9 Å². The Balaban J connectivity index is 2.16. The van der Waals surface area contributed by atoms with Gasteiger partial charge in [-0.05, 0) is 42.5 Å². The number of benzene rings is 2. The third kappa shape index (κ3) is 2.38. The first kappa shape index (κ1) is 13.9. The van der Waals surface area contributed by atoms with Gasteiger partial charge in [0, 0.05) is 17.1 Å². The van der Waals surface area contributed by atoms with Crippen LogP contribution in [0.3, 0.4) is 0 Å². The van der Waals surface area contributed by atoms with Crippen LogP contribution in [0.2, 0.25) is 0 Å². The molecule has 0 atom stereocenters. The lowest BCUT2D eigenvalue weighted by Gasteiger charge is -2.22. The van der Waals surface area contributed by atoms with E-state index in [0.29, 0.717) is 17.1 Å². The highest BCUT2D eigenvalue weighted by atomic mass is 32.2. The minimum atomic E-state index is -0.959. The molecule has 0 unspecified atom stereocenters. The lowest BCUT2D eigenvalue weighted by Crippen LogP contribution is -2.17. The summed E-state index contributed by atoms with van der Waals surface area (Å²) in [5, 5.41) is 9.53. The van der Waals surface area contributed by atoms with Gasteiger partial charge in [-0.3, -0.25) is 0 Å². The van der Waals surface area contributed by atoms with E-state index >= 15 is 0 Å². The van der Waals surface area contributed by atoms with Crippen LogP contribution in [-0.4, -0.2) is 23.9 Å². The van der Waals surface area contributed by atoms with Crippen molar-refractivity contribution in [2.45, 2.75) is 11.3 Å². The van der Waals surface area contributed by atoms with Crippen molar-refractivity contribution < 1.29 is 14.3 Å². The number of aromatic carboxylic acids is 1. The van der Waals surface area contributed by atoms with E-state index < -0.39 is 5.97 Å². The highest BCUT2D eigenvalue weighted by Gasteiger charge is 2.26. The van der Waals surface area contributed by atoms with Gasteiger partial charge in [0.05, 0.1) is 11.3 Å². The SMILES string of the molecule is CSc1cccc(N2CCc3ccc(F)cc32)c1C(=O)O. The molecule has 1 N–H and O–H groups in total. The third-order valence-corrected chi connectivity index (χ3v) is 4.45. The van der Waals surface area contributed by atoms with E-state index in [0.717, 1.165) is 17.7 Å². The van der Waals surface area contributed by atoms with Crippen molar-refractivity contribution in [2.75, 3.05) is 17.7 Å². The van der Waals surface area contributed by atoms with Crippen LogP contribution < -0.4 is 4.90 Å². The van der Waals surface area contributed by atoms with E-state index in [2.05, 4.69) is 0 Å². The molecule has 2 aromatic rings. The van der Waals surface area contributed by atoms with E-state index in [9.17, 15) is 14.3 Å². The van der Waals surface area contributed by atoms with Crippen LogP contribution >= 0.6 is 11.8 Å². The first-order chi connectivity index (χ1) is 10.1. The third-order valence-electron chi connectivity index (χ3n) is 3.67. The molecule has 0 radical (unpaired) electrons. The first-order valence-electron chi connectivity index (χ1n) is 6.58. The van der Waals surface area contributed by atoms with Gasteiger partial charge in [-0.2, -0.15) is 0 Å². The molecule has 5 heteroatoms. The number of fused-ring (bicyclic) bond motifs is 1. The number of carboxylic acid groups (broad SMARTS) is 1. The summed E-state index contributed by atoms with van der Waals surface area (Å²) in [6.07, 6.45) is 2.64. The Morgan fingerprint density at radius 1 is 1.29 bits per heavy atom. The van der Waals surface area contributed by atoms with E-state index in [-0.39, 0.29) is 11.4 Å². The van der Waals surface area contributed by atoms with Gasteiger partial charge in [-0.1, -0.05) is 12.1 Å². The number of thioether (sulfide) groups is 1. The summed E-state index contributed by atoms with van der Waals surface area (Å²) in [5.74, 6) is -1.27. The first-order valence-corrected chi connectivity index (χ1v) is 7.80. The average molecular weight is 303 g/mol. The van der Waals surface area contributed by atoms with E-state index in [1.807, 2.05) is 17.2 Å². The average Bonchev–Trinajstić information content (AvgIpc) is 2.89. The van der Waals surface area contributed by atoms with Gasteiger partial charge < -0.3 is 10.0 Å². The normalized spacial score (nSPS) is 13.3. The smallest absolute Gasteiger partial charge is 0.338 e. The summed E-state index contributed by atoms with van der Waals surface area (Å²) in [4.78, 5) is 14.2. The number of halogens is 1. The number of nitrogens with zero attached hydrogens (tertiary/aromatic N) is 1. The maximum atomic E-state index is 13.5. The predicted molar refractivity (Wildman–Crippen MR) is 82.3 cm³/mol. The fourth-order valence-electron chi connectivity index (χ4n) is 2.73. The van der Waals surface area contributed by atoms with E-state index in [1.54, 1.807) is 18.2 Å². The fraction of sp³-hybridized carbons (Fsp3) is 0.188. The molecule has 3 rings (SSSR count). The van der Waals surface area contributed by atoms with Crippen molar-refractivity contribution >= 4 is 29.1 Å². The number of carboxylic acids is 1. The van der Waals surface area contributed by atoms with Crippen LogP contribution in [0.25, 0.3) is 0 Å². The minimum Gasteiger partial charge on any atom is -0.478 e. The second kappa shape index (κ2) is 5.41. The van der Waals surface area contributed by atoms with Gasteiger partial charge >= 0.3 is 5.97 Å². The Kier molecular flexibility index (Phi) is 3.59. The second-order valence-electron chi connectivity index (χ2n) is 4.83. The number of anilines is 2. The summed E-state index contributed by atoms with van der Waals surface area (Å²) in [7, 11) is 0. The molecule has 0 saturated carbocycles. The Morgan fingerprint density at radius 2 is 2.10 bits per heavy atom. The molecule has 1 heterocycles. The molecule has 0 aliphatic carbocycles. The van der Waals surface area contributed by atoms with Crippen LogP contribution in [-0.2, 0) is 6.42 Å². The van der Waals surface area contributed by atoms with Crippen molar-refractivity contribution in [1.82, 2.24) is 0 Å². The van der Waals surface area contributed by atoms with Crippen LogP contribution in [0, 0.1) is 5.82 Å². The summed E-state index contributed by atoms with van der Waals surface area (Å²) in [6, 6.07) is 10.1. The predicted octanol–water partition coefficient (Wildman–Crippen LogP) is 3.94. The quantitative estimate of drug-likeness (QED) is 0.872. The fourth-order valence-corrected chi connectivity index (χ4v) is 3.34. The molecule has 1 aliphatic heterocycles. The maximum Gasteiger partial charge on any atom is 0.338 e. The number of hydrogen-bond acceptors (Lipinski definition) is 3. The zero-order valence-corrected chi connectivity index (χ0v) is 12.3. The van der Waals surface area contributed by atoms with Gasteiger partial charge in [0.25, 0.3) is 0 Å². The van der Waals surface area contributed by atoms with Crippen molar-refractivity contribution in [3.05, 3.63) is 53.3 Å². The standard InChI is InChI=1S/C16H14FNO2S/c1-21-14-4-2-3-12(15(14)16(19)20)18-8-7-10-5-6-11(17)9-13(10)18/h2-6,9H,7-8H2,1H3,(H,19,20). The molecule has 3 nitrogen and oxygen atoms in total. The molecule has 0 saturated heterocycles. The largest absolute Gasteiger partial charge is 0.478 e. The van der Waals surface area contributed by atoms with Gasteiger partial charge in [-0.15, -0.1) is 11.8 Å². The van der Waals surface area contributed by atoms with Gasteiger partial charge in [-0.25, -0.2) is 9.18 Å². The summed E-state index contributed by atoms with van der Waals surface area (Å²) < 4.78 is 13.5. The summed E-state index contributed by atoms with van der Waals surface area (Å²) >= 11 is 1.40. The Morgan fingerprint density at radius 3 is 2.81 bits per heavy atom. The molecule has 21 heavy (non-hydrogen) atoms. The molecule has 0 spiro atoms. The summed E-state index contributed by atoms with van der Waals surface area (Å²) in [5.41, 5.74) is 2.71. The van der Waals surface area contributed by atoms with Crippen LogP contribution in [0.1, 0.15) is 15.9 Å². The Bertz CT molecular complexity index is 717. The van der Waals surface area contributed by atoms with Crippen LogP contribution in [0.5, 0.6) is 0 Å². The van der Waals surface area contributed by atoms with Crippen molar-refractivity contribution in [3.63, 3.8) is 0 Å². The Hall–Kier alpha value is -2.01. The molecular weight excluding hydrogens is 289 g/mol. The number of rotatable bonds is 3. The van der Waals surface area contributed by atoms with E-state index in [4.69, 9.17) is 0 Å². The molecule has 2 aromatic carbocycles. The molecule has 0 fully saturated rings. The second-order valence-corrected chi connectivity index (χ2v) is 5.68. The monoisotopic (exact) mass is 303 g/mol. The highest BCUT2D eigenvalue weighted by Crippen LogP contribution is 2.39.